The SMILES string of the molecule is Cc1nc(N[C@H]2CCc3ccccc32)cc(N[C@@H]2C[C@H](COS(N)(=O)=O)[C@@H](O)[C@H]2O)n1. The molecule has 2 aromatic rings. The molecule has 2 aliphatic carbocycles. The van der Waals surface area contributed by atoms with E-state index in [1.54, 1.807) is 13.0 Å². The highest BCUT2D eigenvalue weighted by molar-refractivity contribution is 7.84. The highest BCUT2D eigenvalue weighted by atomic mass is 32.2. The van der Waals surface area contributed by atoms with Gasteiger partial charge >= 0.3 is 10.3 Å². The number of hydrogen-bond donors (Lipinski definition) is 5. The van der Waals surface area contributed by atoms with Crippen molar-refractivity contribution in [1.82, 2.24) is 9.97 Å². The molecule has 0 unspecified atom stereocenters. The van der Waals surface area contributed by atoms with Gasteiger partial charge < -0.3 is 20.8 Å². The number of aliphatic hydroxyl groups is 2. The van der Waals surface area contributed by atoms with Gasteiger partial charge in [0, 0.05) is 12.0 Å². The lowest BCUT2D eigenvalue weighted by Gasteiger charge is -2.20. The molecule has 1 heterocycles. The summed E-state index contributed by atoms with van der Waals surface area (Å²) in [6, 6.07) is 9.72. The Labute approximate surface area is 181 Å². The lowest BCUT2D eigenvalue weighted by molar-refractivity contribution is 0.00778. The highest BCUT2D eigenvalue weighted by Gasteiger charge is 2.42. The van der Waals surface area contributed by atoms with Gasteiger partial charge in [0.1, 0.15) is 23.6 Å². The molecule has 10 nitrogen and oxygen atoms in total. The number of nitrogens with one attached hydrogen (secondary N) is 2. The summed E-state index contributed by atoms with van der Waals surface area (Å²) in [5.74, 6) is 1.15. The standard InChI is InChI=1S/C20H27N5O5S/c1-11-22-17(24-15-7-6-12-4-2-3-5-14(12)15)9-18(23-11)25-16-8-13(19(26)20(16)27)10-30-31(21,28)29/h2-5,9,13,15-16,19-20,26-27H,6-8,10H2,1H3,(H2,21,28,29)(H2,22,23,24,25)/t13-,15+,16-,19-,20+/m1/s1. The molecule has 6 N–H and O–H groups in total. The molecular weight excluding hydrogens is 422 g/mol. The van der Waals surface area contributed by atoms with Gasteiger partial charge in [0.25, 0.3) is 0 Å². The fraction of sp³-hybridized carbons (Fsp3) is 0.500. The van der Waals surface area contributed by atoms with E-state index >= 15 is 0 Å². The van der Waals surface area contributed by atoms with Gasteiger partial charge in [-0.1, -0.05) is 24.3 Å². The molecule has 31 heavy (non-hydrogen) atoms. The average molecular weight is 450 g/mol. The first kappa shape index (κ1) is 21.9. The van der Waals surface area contributed by atoms with E-state index in [0.29, 0.717) is 23.9 Å². The minimum absolute atomic E-state index is 0.164. The van der Waals surface area contributed by atoms with Gasteiger partial charge in [-0.2, -0.15) is 8.42 Å². The van der Waals surface area contributed by atoms with Crippen LogP contribution in [0.1, 0.15) is 35.8 Å². The smallest absolute Gasteiger partial charge is 0.333 e. The van der Waals surface area contributed by atoms with Crippen LogP contribution in [0.4, 0.5) is 11.6 Å². The van der Waals surface area contributed by atoms with Crippen LogP contribution in [0, 0.1) is 12.8 Å². The van der Waals surface area contributed by atoms with Crippen LogP contribution in [-0.4, -0.2) is 53.5 Å². The Morgan fingerprint density at radius 1 is 1.16 bits per heavy atom. The lowest BCUT2D eigenvalue weighted by Crippen LogP contribution is -2.36. The first-order valence-electron chi connectivity index (χ1n) is 10.2. The molecule has 0 saturated heterocycles. The van der Waals surface area contributed by atoms with Crippen molar-refractivity contribution in [2.45, 2.75) is 50.5 Å². The molecule has 0 amide bonds. The molecular formula is C20H27N5O5S. The minimum atomic E-state index is -4.11. The van der Waals surface area contributed by atoms with E-state index in [1.165, 1.54) is 11.1 Å². The third-order valence-corrected chi connectivity index (χ3v) is 6.34. The number of aliphatic hydroxyl groups excluding tert-OH is 2. The Bertz CT molecular complexity index is 1050. The maximum absolute atomic E-state index is 11.0. The van der Waals surface area contributed by atoms with E-state index in [9.17, 15) is 18.6 Å². The second-order valence-electron chi connectivity index (χ2n) is 8.13. The van der Waals surface area contributed by atoms with Crippen molar-refractivity contribution >= 4 is 21.9 Å². The van der Waals surface area contributed by atoms with Crippen molar-refractivity contribution in [3.8, 4) is 0 Å². The summed E-state index contributed by atoms with van der Waals surface area (Å²) in [6.45, 7) is 1.48. The first-order valence-corrected chi connectivity index (χ1v) is 11.7. The fourth-order valence-electron chi connectivity index (χ4n) is 4.41. The van der Waals surface area contributed by atoms with Crippen molar-refractivity contribution in [1.29, 1.82) is 0 Å². The van der Waals surface area contributed by atoms with Gasteiger partial charge in [0.05, 0.1) is 24.8 Å². The van der Waals surface area contributed by atoms with Gasteiger partial charge in [0.2, 0.25) is 0 Å². The molecule has 0 bridgehead atoms. The summed E-state index contributed by atoms with van der Waals surface area (Å²) in [4.78, 5) is 8.86. The molecule has 1 fully saturated rings. The quantitative estimate of drug-likeness (QED) is 0.408. The third kappa shape index (κ3) is 5.13. The maximum Gasteiger partial charge on any atom is 0.333 e. The second-order valence-corrected chi connectivity index (χ2v) is 9.35. The first-order chi connectivity index (χ1) is 14.7. The van der Waals surface area contributed by atoms with E-state index in [2.05, 4.69) is 36.9 Å². The Balaban J connectivity index is 1.44. The summed E-state index contributed by atoms with van der Waals surface area (Å²) < 4.78 is 26.6. The summed E-state index contributed by atoms with van der Waals surface area (Å²) in [5, 5.41) is 32.1. The molecule has 1 saturated carbocycles. The number of fused-ring (bicyclic) bond motifs is 1. The molecule has 0 aliphatic heterocycles. The van der Waals surface area contributed by atoms with Crippen LogP contribution in [0.5, 0.6) is 0 Å². The summed E-state index contributed by atoms with van der Waals surface area (Å²) in [7, 11) is -4.11. The van der Waals surface area contributed by atoms with E-state index in [0.717, 1.165) is 12.8 Å². The van der Waals surface area contributed by atoms with Crippen LogP contribution >= 0.6 is 0 Å². The van der Waals surface area contributed by atoms with E-state index in [-0.39, 0.29) is 12.6 Å². The van der Waals surface area contributed by atoms with Gasteiger partial charge in [-0.25, -0.2) is 15.1 Å². The van der Waals surface area contributed by atoms with E-state index in [4.69, 9.17) is 5.14 Å². The molecule has 5 atom stereocenters. The topological polar surface area (TPSA) is 160 Å². The molecule has 168 valence electrons. The Kier molecular flexibility index (Phi) is 6.13. The molecule has 0 spiro atoms. The molecule has 1 aromatic heterocycles. The zero-order valence-electron chi connectivity index (χ0n) is 17.1. The van der Waals surface area contributed by atoms with Crippen molar-refractivity contribution < 1.29 is 22.8 Å². The zero-order chi connectivity index (χ0) is 22.2. The van der Waals surface area contributed by atoms with Crippen molar-refractivity contribution in [3.63, 3.8) is 0 Å². The maximum atomic E-state index is 11.0. The molecule has 0 radical (unpaired) electrons. The fourth-order valence-corrected chi connectivity index (χ4v) is 4.77. The molecule has 4 rings (SSSR count). The van der Waals surface area contributed by atoms with Gasteiger partial charge in [-0.15, -0.1) is 0 Å². The number of aryl methyl sites for hydroxylation is 2. The number of nitrogens with zero attached hydrogens (tertiary/aromatic N) is 2. The number of benzene rings is 1. The summed E-state index contributed by atoms with van der Waals surface area (Å²) in [5.41, 5.74) is 2.60. The van der Waals surface area contributed by atoms with Gasteiger partial charge in [0.15, 0.2) is 0 Å². The van der Waals surface area contributed by atoms with Crippen molar-refractivity contribution in [2.24, 2.45) is 11.1 Å². The Hall–Kier alpha value is -2.31. The van der Waals surface area contributed by atoms with E-state index in [1.807, 2.05) is 12.1 Å². The highest BCUT2D eigenvalue weighted by Crippen LogP contribution is 2.34. The van der Waals surface area contributed by atoms with Gasteiger partial charge in [-0.3, -0.25) is 4.18 Å². The third-order valence-electron chi connectivity index (χ3n) is 5.87. The number of anilines is 2. The second kappa shape index (κ2) is 8.67. The van der Waals surface area contributed by atoms with Crippen LogP contribution in [0.25, 0.3) is 0 Å². The van der Waals surface area contributed by atoms with Gasteiger partial charge in [-0.05, 0) is 37.3 Å². The minimum Gasteiger partial charge on any atom is -0.390 e. The molecule has 2 aliphatic rings. The Morgan fingerprint density at radius 2 is 1.87 bits per heavy atom. The molecule has 11 heteroatoms. The predicted molar refractivity (Wildman–Crippen MR) is 114 cm³/mol. The van der Waals surface area contributed by atoms with Crippen LogP contribution in [-0.2, 0) is 20.9 Å². The number of hydrogen-bond acceptors (Lipinski definition) is 9. The Morgan fingerprint density at radius 3 is 2.61 bits per heavy atom. The van der Waals surface area contributed by atoms with Crippen LogP contribution in [0.3, 0.4) is 0 Å². The summed E-state index contributed by atoms with van der Waals surface area (Å²) >= 11 is 0. The number of nitrogens with two attached hydrogens (primary N) is 1. The number of rotatable bonds is 7. The van der Waals surface area contributed by atoms with Crippen molar-refractivity contribution in [2.75, 3.05) is 17.2 Å². The summed E-state index contributed by atoms with van der Waals surface area (Å²) in [6.07, 6.45) is 0.0264. The monoisotopic (exact) mass is 449 g/mol. The predicted octanol–water partition coefficient (Wildman–Crippen LogP) is 0.627. The van der Waals surface area contributed by atoms with Crippen LogP contribution in [0.15, 0.2) is 30.3 Å². The lowest BCUT2D eigenvalue weighted by atomic mass is 10.1. The average Bonchev–Trinajstić information content (AvgIpc) is 3.22. The van der Waals surface area contributed by atoms with E-state index < -0.39 is 34.5 Å². The zero-order valence-corrected chi connectivity index (χ0v) is 17.9. The number of aromatic nitrogens is 2. The van der Waals surface area contributed by atoms with Crippen LogP contribution < -0.4 is 15.8 Å². The normalized spacial score (nSPS) is 27.8. The van der Waals surface area contributed by atoms with Crippen molar-refractivity contribution in [3.05, 3.63) is 47.3 Å². The van der Waals surface area contributed by atoms with Crippen LogP contribution in [0.2, 0.25) is 0 Å². The molecule has 1 aromatic carbocycles. The largest absolute Gasteiger partial charge is 0.390 e.